The van der Waals surface area contributed by atoms with Crippen LogP contribution in [0.15, 0.2) is 0 Å². The SMILES string of the molecule is CC1(C)C(C(=O)O)C1C(=O)N1CCC2(CCCCC2)CC1. The van der Waals surface area contributed by atoms with Crippen molar-refractivity contribution in [2.24, 2.45) is 22.7 Å². The van der Waals surface area contributed by atoms with Crippen molar-refractivity contribution in [3.63, 3.8) is 0 Å². The van der Waals surface area contributed by atoms with Gasteiger partial charge in [0.15, 0.2) is 0 Å². The number of piperidine rings is 1. The third-order valence-corrected chi connectivity index (χ3v) is 6.41. The Hall–Kier alpha value is -1.06. The van der Waals surface area contributed by atoms with E-state index >= 15 is 0 Å². The first-order valence-corrected chi connectivity index (χ1v) is 8.39. The van der Waals surface area contributed by atoms with Gasteiger partial charge in [-0.2, -0.15) is 0 Å². The Morgan fingerprint density at radius 1 is 0.952 bits per heavy atom. The molecule has 3 aliphatic rings. The molecule has 0 aromatic carbocycles. The molecule has 0 radical (unpaired) electrons. The largest absolute Gasteiger partial charge is 0.481 e. The van der Waals surface area contributed by atoms with E-state index in [1.807, 2.05) is 18.7 Å². The van der Waals surface area contributed by atoms with Gasteiger partial charge < -0.3 is 10.0 Å². The molecule has 1 N–H and O–H groups in total. The molecule has 118 valence electrons. The average molecular weight is 293 g/mol. The summed E-state index contributed by atoms with van der Waals surface area (Å²) in [6.45, 7) is 5.47. The van der Waals surface area contributed by atoms with Gasteiger partial charge in [0.2, 0.25) is 5.91 Å². The van der Waals surface area contributed by atoms with Crippen LogP contribution in [0.4, 0.5) is 0 Å². The third kappa shape index (κ3) is 2.47. The Labute approximate surface area is 126 Å². The number of hydrogen-bond donors (Lipinski definition) is 1. The zero-order valence-corrected chi connectivity index (χ0v) is 13.2. The minimum Gasteiger partial charge on any atom is -0.481 e. The summed E-state index contributed by atoms with van der Waals surface area (Å²) in [6, 6.07) is 0. The highest BCUT2D eigenvalue weighted by Gasteiger charge is 2.66. The van der Waals surface area contributed by atoms with E-state index in [0.717, 1.165) is 25.9 Å². The van der Waals surface area contributed by atoms with E-state index in [0.29, 0.717) is 5.41 Å². The van der Waals surface area contributed by atoms with Crippen molar-refractivity contribution < 1.29 is 14.7 Å². The van der Waals surface area contributed by atoms with Gasteiger partial charge in [0.25, 0.3) is 0 Å². The molecule has 2 saturated carbocycles. The molecule has 4 heteroatoms. The number of amides is 1. The molecular weight excluding hydrogens is 266 g/mol. The van der Waals surface area contributed by atoms with Gasteiger partial charge in [-0.05, 0) is 36.5 Å². The van der Waals surface area contributed by atoms with Gasteiger partial charge in [0, 0.05) is 13.1 Å². The molecule has 0 bridgehead atoms. The van der Waals surface area contributed by atoms with E-state index in [1.165, 1.54) is 32.1 Å². The summed E-state index contributed by atoms with van der Waals surface area (Å²) in [5.41, 5.74) is 0.114. The lowest BCUT2D eigenvalue weighted by atomic mass is 9.68. The minimum absolute atomic E-state index is 0.0815. The first kappa shape index (κ1) is 14.9. The highest BCUT2D eigenvalue weighted by Crippen LogP contribution is 2.59. The maximum absolute atomic E-state index is 12.6. The Morgan fingerprint density at radius 2 is 1.52 bits per heavy atom. The van der Waals surface area contributed by atoms with Crippen LogP contribution in [-0.2, 0) is 9.59 Å². The van der Waals surface area contributed by atoms with Crippen LogP contribution >= 0.6 is 0 Å². The standard InChI is InChI=1S/C17H27NO3/c1-16(2)12(13(16)15(20)21)14(19)18-10-8-17(9-11-18)6-4-3-5-7-17/h12-13H,3-11H2,1-2H3,(H,20,21). The molecular formula is C17H27NO3. The number of nitrogens with zero attached hydrogens (tertiary/aromatic N) is 1. The summed E-state index contributed by atoms with van der Waals surface area (Å²) in [6.07, 6.45) is 8.91. The maximum Gasteiger partial charge on any atom is 0.307 e. The van der Waals surface area contributed by atoms with Crippen LogP contribution in [0.5, 0.6) is 0 Å². The van der Waals surface area contributed by atoms with E-state index in [-0.39, 0.29) is 17.2 Å². The van der Waals surface area contributed by atoms with Crippen LogP contribution in [-0.4, -0.2) is 35.0 Å². The van der Waals surface area contributed by atoms with Gasteiger partial charge in [-0.3, -0.25) is 9.59 Å². The Kier molecular flexibility index (Phi) is 3.53. The first-order chi connectivity index (χ1) is 9.87. The monoisotopic (exact) mass is 293 g/mol. The van der Waals surface area contributed by atoms with Crippen molar-refractivity contribution >= 4 is 11.9 Å². The predicted octanol–water partition coefficient (Wildman–Crippen LogP) is 2.92. The van der Waals surface area contributed by atoms with Gasteiger partial charge in [-0.25, -0.2) is 0 Å². The van der Waals surface area contributed by atoms with Gasteiger partial charge >= 0.3 is 5.97 Å². The van der Waals surface area contributed by atoms with Crippen molar-refractivity contribution in [1.29, 1.82) is 0 Å². The number of carbonyl (C=O) groups is 2. The van der Waals surface area contributed by atoms with Crippen LogP contribution in [0.25, 0.3) is 0 Å². The van der Waals surface area contributed by atoms with E-state index in [2.05, 4.69) is 0 Å². The maximum atomic E-state index is 12.6. The van der Waals surface area contributed by atoms with E-state index in [4.69, 9.17) is 0 Å². The van der Waals surface area contributed by atoms with Crippen molar-refractivity contribution in [2.75, 3.05) is 13.1 Å². The fourth-order valence-corrected chi connectivity index (χ4v) is 4.76. The van der Waals surface area contributed by atoms with Gasteiger partial charge in [0.05, 0.1) is 11.8 Å². The lowest BCUT2D eigenvalue weighted by Gasteiger charge is -2.44. The third-order valence-electron chi connectivity index (χ3n) is 6.41. The molecule has 21 heavy (non-hydrogen) atoms. The number of carboxylic acid groups (broad SMARTS) is 1. The van der Waals surface area contributed by atoms with Crippen LogP contribution in [0.1, 0.15) is 58.8 Å². The highest BCUT2D eigenvalue weighted by atomic mass is 16.4. The fraction of sp³-hybridized carbons (Fsp3) is 0.882. The topological polar surface area (TPSA) is 57.6 Å². The van der Waals surface area contributed by atoms with Crippen LogP contribution < -0.4 is 0 Å². The molecule has 1 spiro atoms. The summed E-state index contributed by atoms with van der Waals surface area (Å²) in [7, 11) is 0. The zero-order valence-electron chi connectivity index (χ0n) is 13.2. The van der Waals surface area contributed by atoms with Crippen molar-refractivity contribution in [3.05, 3.63) is 0 Å². The molecule has 4 nitrogen and oxygen atoms in total. The Morgan fingerprint density at radius 3 is 2.00 bits per heavy atom. The van der Waals surface area contributed by atoms with Gasteiger partial charge in [-0.15, -0.1) is 0 Å². The fourth-order valence-electron chi connectivity index (χ4n) is 4.76. The normalized spacial score (nSPS) is 33.7. The quantitative estimate of drug-likeness (QED) is 0.851. The van der Waals surface area contributed by atoms with Crippen molar-refractivity contribution in [2.45, 2.75) is 58.8 Å². The molecule has 1 amide bonds. The molecule has 3 rings (SSSR count). The van der Waals surface area contributed by atoms with Crippen molar-refractivity contribution in [1.82, 2.24) is 4.90 Å². The minimum atomic E-state index is -0.820. The van der Waals surface area contributed by atoms with E-state index < -0.39 is 11.9 Å². The first-order valence-electron chi connectivity index (χ1n) is 8.39. The van der Waals surface area contributed by atoms with Gasteiger partial charge in [0.1, 0.15) is 0 Å². The molecule has 1 saturated heterocycles. The lowest BCUT2D eigenvalue weighted by molar-refractivity contribution is -0.142. The Bertz CT molecular complexity index is 441. The smallest absolute Gasteiger partial charge is 0.307 e. The molecule has 0 aromatic heterocycles. The number of aliphatic carboxylic acids is 1. The zero-order chi connectivity index (χ0) is 15.3. The molecule has 2 atom stereocenters. The second kappa shape index (κ2) is 4.99. The number of hydrogen-bond acceptors (Lipinski definition) is 2. The van der Waals surface area contributed by atoms with Crippen molar-refractivity contribution in [3.8, 4) is 0 Å². The highest BCUT2D eigenvalue weighted by molar-refractivity contribution is 5.91. The summed E-state index contributed by atoms with van der Waals surface area (Å²) in [5.74, 6) is -1.54. The predicted molar refractivity (Wildman–Crippen MR) is 79.7 cm³/mol. The number of carbonyl (C=O) groups excluding carboxylic acids is 1. The lowest BCUT2D eigenvalue weighted by Crippen LogP contribution is -2.45. The number of carboxylic acids is 1. The summed E-state index contributed by atoms with van der Waals surface area (Å²) >= 11 is 0. The molecule has 1 heterocycles. The molecule has 2 unspecified atom stereocenters. The second-order valence-corrected chi connectivity index (χ2v) is 8.00. The molecule has 2 aliphatic carbocycles. The Balaban J connectivity index is 1.60. The average Bonchev–Trinajstić information content (AvgIpc) is 3.03. The summed E-state index contributed by atoms with van der Waals surface area (Å²) in [4.78, 5) is 25.8. The summed E-state index contributed by atoms with van der Waals surface area (Å²) in [5, 5.41) is 9.23. The number of rotatable bonds is 2. The summed E-state index contributed by atoms with van der Waals surface area (Å²) < 4.78 is 0. The molecule has 3 fully saturated rings. The number of likely N-dealkylation sites (tertiary alicyclic amines) is 1. The van der Waals surface area contributed by atoms with Crippen LogP contribution in [0.2, 0.25) is 0 Å². The van der Waals surface area contributed by atoms with Crippen LogP contribution in [0.3, 0.4) is 0 Å². The van der Waals surface area contributed by atoms with E-state index in [9.17, 15) is 14.7 Å². The van der Waals surface area contributed by atoms with Gasteiger partial charge in [-0.1, -0.05) is 33.1 Å². The second-order valence-electron chi connectivity index (χ2n) is 8.00. The molecule has 1 aliphatic heterocycles. The van der Waals surface area contributed by atoms with Crippen LogP contribution in [0, 0.1) is 22.7 Å². The molecule has 0 aromatic rings. The van der Waals surface area contributed by atoms with E-state index in [1.54, 1.807) is 0 Å².